The summed E-state index contributed by atoms with van der Waals surface area (Å²) in [7, 11) is 8.95. The van der Waals surface area contributed by atoms with Crippen molar-refractivity contribution in [1.82, 2.24) is 14.9 Å². The lowest BCUT2D eigenvalue weighted by atomic mass is 9.99. The number of nitrogens with zero attached hydrogens (tertiary/aromatic N) is 6. The van der Waals surface area contributed by atoms with E-state index in [0.717, 1.165) is 17.8 Å². The Bertz CT molecular complexity index is 1350. The second kappa shape index (κ2) is 11.8. The fourth-order valence-electron chi connectivity index (χ4n) is 3.71. The van der Waals surface area contributed by atoms with Crippen molar-refractivity contribution < 1.29 is 9.66 Å². The maximum Gasteiger partial charge on any atom is 0.294 e. The summed E-state index contributed by atoms with van der Waals surface area (Å²) in [4.78, 5) is 24.1. The highest BCUT2D eigenvalue weighted by atomic mass is 16.6. The Hall–Kier alpha value is -4.69. The predicted octanol–water partition coefficient (Wildman–Crippen LogP) is 4.11. The van der Waals surface area contributed by atoms with Gasteiger partial charge in [-0.2, -0.15) is 5.26 Å². The van der Waals surface area contributed by atoms with E-state index >= 15 is 0 Å². The first-order chi connectivity index (χ1) is 17.7. The average Bonchev–Trinajstić information content (AvgIpc) is 2.90. The molecule has 1 aromatic heterocycles. The third kappa shape index (κ3) is 6.12. The first-order valence-electron chi connectivity index (χ1n) is 11.4. The normalized spacial score (nSPS) is 10.5. The minimum Gasteiger partial charge on any atom is -0.494 e. The fourth-order valence-corrected chi connectivity index (χ4v) is 3.71. The third-order valence-electron chi connectivity index (χ3n) is 5.75. The van der Waals surface area contributed by atoms with Crippen LogP contribution in [0.2, 0.25) is 0 Å². The molecule has 37 heavy (non-hydrogen) atoms. The Labute approximate surface area is 216 Å². The van der Waals surface area contributed by atoms with Crippen LogP contribution in [-0.2, 0) is 0 Å². The SMILES string of the molecule is C=C(c1ccccc1NC)c1nc(Nc2cc([N+](=O)[O-])c(N(C)CCN(C)C)cc2OC)ncc1C#N. The van der Waals surface area contributed by atoms with E-state index in [0.29, 0.717) is 34.9 Å². The monoisotopic (exact) mass is 502 g/mol. The van der Waals surface area contributed by atoms with Gasteiger partial charge < -0.3 is 25.2 Å². The van der Waals surface area contributed by atoms with E-state index in [1.165, 1.54) is 19.4 Å². The van der Waals surface area contributed by atoms with E-state index in [2.05, 4.69) is 33.2 Å². The van der Waals surface area contributed by atoms with E-state index < -0.39 is 4.92 Å². The zero-order chi connectivity index (χ0) is 27.1. The number of aromatic nitrogens is 2. The van der Waals surface area contributed by atoms with Crippen molar-refractivity contribution in [3.8, 4) is 11.8 Å². The van der Waals surface area contributed by atoms with Crippen molar-refractivity contribution >= 4 is 34.3 Å². The van der Waals surface area contributed by atoms with E-state index in [1.807, 2.05) is 48.2 Å². The van der Waals surface area contributed by atoms with Gasteiger partial charge in [0.25, 0.3) is 5.69 Å². The maximum absolute atomic E-state index is 11.9. The summed E-state index contributed by atoms with van der Waals surface area (Å²) < 4.78 is 5.53. The highest BCUT2D eigenvalue weighted by molar-refractivity contribution is 5.86. The van der Waals surface area contributed by atoms with Gasteiger partial charge in [-0.25, -0.2) is 9.97 Å². The molecule has 0 aliphatic heterocycles. The van der Waals surface area contributed by atoms with E-state index in [4.69, 9.17) is 4.74 Å². The molecule has 0 radical (unpaired) electrons. The molecule has 0 fully saturated rings. The second-order valence-electron chi connectivity index (χ2n) is 8.49. The number of nitrogens with one attached hydrogen (secondary N) is 2. The van der Waals surface area contributed by atoms with Gasteiger partial charge in [-0.3, -0.25) is 10.1 Å². The molecule has 2 aromatic carbocycles. The molecule has 0 atom stereocenters. The topological polar surface area (TPSA) is 132 Å². The zero-order valence-corrected chi connectivity index (χ0v) is 21.6. The number of anilines is 4. The number of para-hydroxylation sites is 1. The van der Waals surface area contributed by atoms with Crippen LogP contribution in [0.1, 0.15) is 16.8 Å². The van der Waals surface area contributed by atoms with Gasteiger partial charge in [0.15, 0.2) is 0 Å². The molecule has 0 bridgehead atoms. The Kier molecular flexibility index (Phi) is 8.60. The third-order valence-corrected chi connectivity index (χ3v) is 5.75. The van der Waals surface area contributed by atoms with Gasteiger partial charge in [-0.15, -0.1) is 0 Å². The van der Waals surface area contributed by atoms with Crippen LogP contribution >= 0.6 is 0 Å². The molecular formula is C26H30N8O3. The number of ether oxygens (including phenoxy) is 1. The lowest BCUT2D eigenvalue weighted by molar-refractivity contribution is -0.384. The highest BCUT2D eigenvalue weighted by Crippen LogP contribution is 2.39. The summed E-state index contributed by atoms with van der Waals surface area (Å²) in [5.41, 5.74) is 3.38. The molecule has 1 heterocycles. The van der Waals surface area contributed by atoms with E-state index in [1.54, 1.807) is 20.2 Å². The number of likely N-dealkylation sites (N-methyl/N-ethyl adjacent to an activating group) is 2. The standard InChI is InChI=1S/C26H30N8O3/c1-17(19-9-7-8-10-20(19)28-2)25-18(15-27)16-29-26(31-25)30-21-13-23(34(35)36)22(14-24(21)37-6)33(5)12-11-32(3)4/h7-10,13-14,16,28H,1,11-12H2,2-6H3,(H,29,30,31). The van der Waals surface area contributed by atoms with Crippen LogP contribution < -0.4 is 20.3 Å². The Morgan fingerprint density at radius 3 is 2.57 bits per heavy atom. The Morgan fingerprint density at radius 2 is 1.95 bits per heavy atom. The van der Waals surface area contributed by atoms with Crippen molar-refractivity contribution in [3.63, 3.8) is 0 Å². The van der Waals surface area contributed by atoms with Gasteiger partial charge in [-0.05, 0) is 20.2 Å². The number of methoxy groups -OCH3 is 1. The van der Waals surface area contributed by atoms with E-state index in [9.17, 15) is 15.4 Å². The highest BCUT2D eigenvalue weighted by Gasteiger charge is 2.23. The molecular weight excluding hydrogens is 472 g/mol. The first kappa shape index (κ1) is 26.9. The number of rotatable bonds is 11. The van der Waals surface area contributed by atoms with Crippen molar-refractivity contribution in [1.29, 1.82) is 5.26 Å². The molecule has 11 nitrogen and oxygen atoms in total. The fraction of sp³-hybridized carbons (Fsp3) is 0.269. The van der Waals surface area contributed by atoms with Crippen molar-refractivity contribution in [2.75, 3.05) is 63.9 Å². The van der Waals surface area contributed by atoms with Crippen LogP contribution in [-0.4, -0.2) is 68.2 Å². The van der Waals surface area contributed by atoms with E-state index in [-0.39, 0.29) is 17.2 Å². The molecule has 0 spiro atoms. The van der Waals surface area contributed by atoms with Crippen LogP contribution in [0.3, 0.4) is 0 Å². The number of nitro groups is 1. The van der Waals surface area contributed by atoms with Crippen molar-refractivity contribution in [2.45, 2.75) is 0 Å². The minimum atomic E-state index is -0.437. The van der Waals surface area contributed by atoms with Gasteiger partial charge in [0.2, 0.25) is 5.95 Å². The van der Waals surface area contributed by atoms with Crippen molar-refractivity contribution in [3.05, 3.63) is 76.1 Å². The zero-order valence-electron chi connectivity index (χ0n) is 21.6. The molecule has 192 valence electrons. The molecule has 2 N–H and O–H groups in total. The molecule has 0 aliphatic carbocycles. The predicted molar refractivity (Wildman–Crippen MR) is 146 cm³/mol. The van der Waals surface area contributed by atoms with Crippen molar-refractivity contribution in [2.24, 2.45) is 0 Å². The van der Waals surface area contributed by atoms with Crippen LogP contribution in [0.4, 0.5) is 28.7 Å². The Balaban J connectivity index is 2.03. The molecule has 11 heteroatoms. The summed E-state index contributed by atoms with van der Waals surface area (Å²) in [5, 5.41) is 27.7. The minimum absolute atomic E-state index is 0.0919. The Morgan fingerprint density at radius 1 is 1.22 bits per heavy atom. The van der Waals surface area contributed by atoms with Gasteiger partial charge in [0.05, 0.1) is 35.2 Å². The summed E-state index contributed by atoms with van der Waals surface area (Å²) in [6, 6.07) is 12.6. The smallest absolute Gasteiger partial charge is 0.294 e. The molecule has 0 saturated carbocycles. The number of hydrogen-bond donors (Lipinski definition) is 2. The second-order valence-corrected chi connectivity index (χ2v) is 8.49. The van der Waals surface area contributed by atoms with Crippen LogP contribution in [0.15, 0.2) is 49.2 Å². The van der Waals surface area contributed by atoms with Gasteiger partial charge in [-0.1, -0.05) is 24.8 Å². The largest absolute Gasteiger partial charge is 0.494 e. The summed E-state index contributed by atoms with van der Waals surface area (Å²) >= 11 is 0. The first-order valence-corrected chi connectivity index (χ1v) is 11.4. The van der Waals surface area contributed by atoms with Gasteiger partial charge in [0.1, 0.15) is 17.5 Å². The number of nitriles is 1. The number of nitro benzene ring substituents is 1. The number of hydrogen-bond acceptors (Lipinski definition) is 10. The quantitative estimate of drug-likeness (QED) is 0.291. The molecule has 3 rings (SSSR count). The number of benzene rings is 2. The lowest BCUT2D eigenvalue weighted by Crippen LogP contribution is -2.29. The van der Waals surface area contributed by atoms with Gasteiger partial charge in [0, 0.05) is 56.1 Å². The molecule has 0 saturated heterocycles. The lowest BCUT2D eigenvalue weighted by Gasteiger charge is -2.22. The summed E-state index contributed by atoms with van der Waals surface area (Å²) in [6.07, 6.45) is 1.39. The average molecular weight is 503 g/mol. The molecule has 0 unspecified atom stereocenters. The molecule has 0 amide bonds. The maximum atomic E-state index is 11.9. The molecule has 0 aliphatic rings. The van der Waals surface area contributed by atoms with Crippen LogP contribution in [0.25, 0.3) is 5.57 Å². The summed E-state index contributed by atoms with van der Waals surface area (Å²) in [5.74, 6) is 0.518. The van der Waals surface area contributed by atoms with Crippen LogP contribution in [0, 0.1) is 21.4 Å². The van der Waals surface area contributed by atoms with Crippen LogP contribution in [0.5, 0.6) is 5.75 Å². The molecule has 3 aromatic rings. The van der Waals surface area contributed by atoms with Gasteiger partial charge >= 0.3 is 0 Å². The summed E-state index contributed by atoms with van der Waals surface area (Å²) in [6.45, 7) is 5.47.